The van der Waals surface area contributed by atoms with Gasteiger partial charge in [-0.2, -0.15) is 0 Å². The summed E-state index contributed by atoms with van der Waals surface area (Å²) in [5, 5.41) is 11.7. The van der Waals surface area contributed by atoms with E-state index in [9.17, 15) is 4.79 Å². The van der Waals surface area contributed by atoms with E-state index in [1.807, 2.05) is 0 Å². The molecule has 0 aliphatic rings. The van der Waals surface area contributed by atoms with Crippen LogP contribution < -0.4 is 5.32 Å². The number of hydrogen-bond acceptors (Lipinski definition) is 3. The van der Waals surface area contributed by atoms with Crippen LogP contribution in [0.2, 0.25) is 15.1 Å². The quantitative estimate of drug-likeness (QED) is 0.893. The largest absolute Gasteiger partial charge is 0.392 e. The Morgan fingerprint density at radius 1 is 1.50 bits per heavy atom. The minimum Gasteiger partial charge on any atom is -0.392 e. The molecule has 1 amide bonds. The van der Waals surface area contributed by atoms with E-state index >= 15 is 0 Å². The Morgan fingerprint density at radius 2 is 2.12 bits per heavy atom. The lowest BCUT2D eigenvalue weighted by Crippen LogP contribution is -2.31. The Bertz CT molecular complexity index is 410. The molecule has 0 saturated carbocycles. The van der Waals surface area contributed by atoms with Crippen molar-refractivity contribution in [1.29, 1.82) is 0 Å². The maximum Gasteiger partial charge on any atom is 0.271 e. The van der Waals surface area contributed by atoms with Gasteiger partial charge in [0.15, 0.2) is 0 Å². The summed E-state index contributed by atoms with van der Waals surface area (Å²) >= 11 is 17.2. The minimum absolute atomic E-state index is 0.00254. The van der Waals surface area contributed by atoms with Gasteiger partial charge in [0, 0.05) is 12.7 Å². The Balaban J connectivity index is 2.88. The molecule has 7 heteroatoms. The summed E-state index contributed by atoms with van der Waals surface area (Å²) in [6.45, 7) is 1.65. The first-order valence-corrected chi connectivity index (χ1v) is 5.52. The van der Waals surface area contributed by atoms with Crippen molar-refractivity contribution >= 4 is 40.7 Å². The smallest absolute Gasteiger partial charge is 0.271 e. The Morgan fingerprint density at radius 3 is 2.69 bits per heavy atom. The van der Waals surface area contributed by atoms with Crippen LogP contribution in [0.5, 0.6) is 0 Å². The molecule has 1 heterocycles. The van der Waals surface area contributed by atoms with Crippen molar-refractivity contribution in [3.05, 3.63) is 27.0 Å². The van der Waals surface area contributed by atoms with Crippen molar-refractivity contribution in [3.8, 4) is 0 Å². The van der Waals surface area contributed by atoms with Crippen LogP contribution in [0.4, 0.5) is 0 Å². The van der Waals surface area contributed by atoms with Crippen LogP contribution in [0, 0.1) is 0 Å². The van der Waals surface area contributed by atoms with Crippen molar-refractivity contribution < 1.29 is 9.90 Å². The summed E-state index contributed by atoms with van der Waals surface area (Å²) < 4.78 is 0. The van der Waals surface area contributed by atoms with E-state index in [1.54, 1.807) is 6.92 Å². The number of nitrogens with one attached hydrogen (secondary N) is 1. The molecule has 1 rings (SSSR count). The summed E-state index contributed by atoms with van der Waals surface area (Å²) in [4.78, 5) is 15.3. The minimum atomic E-state index is -0.648. The van der Waals surface area contributed by atoms with Gasteiger partial charge in [0.2, 0.25) is 0 Å². The average Bonchev–Trinajstić information content (AvgIpc) is 2.23. The number of carbonyl (C=O) groups is 1. The van der Waals surface area contributed by atoms with Gasteiger partial charge in [-0.25, -0.2) is 4.98 Å². The number of aromatic nitrogens is 1. The predicted octanol–water partition coefficient (Wildman–Crippen LogP) is 2.15. The maximum atomic E-state index is 11.6. The maximum absolute atomic E-state index is 11.6. The van der Waals surface area contributed by atoms with E-state index < -0.39 is 12.0 Å². The highest BCUT2D eigenvalue weighted by atomic mass is 35.5. The molecule has 16 heavy (non-hydrogen) atoms. The van der Waals surface area contributed by atoms with Gasteiger partial charge in [0.25, 0.3) is 5.91 Å². The second-order valence-electron chi connectivity index (χ2n) is 3.14. The van der Waals surface area contributed by atoms with Gasteiger partial charge in [0.1, 0.15) is 5.69 Å². The number of rotatable bonds is 3. The van der Waals surface area contributed by atoms with Gasteiger partial charge < -0.3 is 10.4 Å². The van der Waals surface area contributed by atoms with Crippen LogP contribution in [0.25, 0.3) is 0 Å². The lowest BCUT2D eigenvalue weighted by atomic mass is 10.3. The van der Waals surface area contributed by atoms with Crippen molar-refractivity contribution in [1.82, 2.24) is 10.3 Å². The van der Waals surface area contributed by atoms with Crippen LogP contribution in [0.3, 0.4) is 0 Å². The molecule has 88 valence electrons. The van der Waals surface area contributed by atoms with Crippen LogP contribution in [0.15, 0.2) is 6.20 Å². The molecule has 0 spiro atoms. The molecule has 0 unspecified atom stereocenters. The monoisotopic (exact) mass is 282 g/mol. The lowest BCUT2D eigenvalue weighted by molar-refractivity contribution is 0.0919. The highest BCUT2D eigenvalue weighted by Gasteiger charge is 2.16. The summed E-state index contributed by atoms with van der Waals surface area (Å²) in [5.41, 5.74) is -0.0169. The molecule has 1 atom stereocenters. The van der Waals surface area contributed by atoms with E-state index in [4.69, 9.17) is 39.9 Å². The molecule has 1 aromatic rings. The van der Waals surface area contributed by atoms with Gasteiger partial charge in [-0.05, 0) is 6.92 Å². The fraction of sp³-hybridized carbons (Fsp3) is 0.333. The zero-order valence-electron chi connectivity index (χ0n) is 8.30. The first kappa shape index (κ1) is 13.5. The fourth-order valence-corrected chi connectivity index (χ4v) is 1.49. The molecule has 0 fully saturated rings. The number of aliphatic hydroxyl groups excluding tert-OH is 1. The van der Waals surface area contributed by atoms with Gasteiger partial charge in [0.05, 0.1) is 21.2 Å². The predicted molar refractivity (Wildman–Crippen MR) is 63.3 cm³/mol. The molecule has 0 saturated heterocycles. The standard InChI is InChI=1S/C9H9Cl3N2O2/c1-4(15)2-14-9(16)8-7(12)6(11)5(10)3-13-8/h3-4,15H,2H2,1H3,(H,14,16)/t4-/m1/s1. The van der Waals surface area contributed by atoms with E-state index in [1.165, 1.54) is 6.20 Å². The van der Waals surface area contributed by atoms with Crippen LogP contribution in [-0.2, 0) is 0 Å². The zero-order chi connectivity index (χ0) is 12.3. The van der Waals surface area contributed by atoms with Crippen molar-refractivity contribution in [3.63, 3.8) is 0 Å². The molecule has 2 N–H and O–H groups in total. The Kier molecular flexibility index (Phi) is 4.80. The molecule has 0 bridgehead atoms. The number of pyridine rings is 1. The number of amides is 1. The van der Waals surface area contributed by atoms with E-state index in [2.05, 4.69) is 10.3 Å². The average molecular weight is 284 g/mol. The van der Waals surface area contributed by atoms with Gasteiger partial charge in [-0.1, -0.05) is 34.8 Å². The number of nitrogens with zero attached hydrogens (tertiary/aromatic N) is 1. The van der Waals surface area contributed by atoms with Crippen LogP contribution >= 0.6 is 34.8 Å². The Labute approximate surface area is 108 Å². The third-order valence-corrected chi connectivity index (χ3v) is 2.93. The van der Waals surface area contributed by atoms with E-state index in [0.29, 0.717) is 0 Å². The highest BCUT2D eigenvalue weighted by molar-refractivity contribution is 6.48. The fourth-order valence-electron chi connectivity index (χ4n) is 0.926. The van der Waals surface area contributed by atoms with Crippen LogP contribution in [0.1, 0.15) is 17.4 Å². The van der Waals surface area contributed by atoms with E-state index in [-0.39, 0.29) is 27.3 Å². The molecular weight excluding hydrogens is 274 g/mol. The first-order chi connectivity index (χ1) is 7.43. The summed E-state index contributed by atoms with van der Waals surface area (Å²) in [6, 6.07) is 0. The first-order valence-electron chi connectivity index (χ1n) is 4.39. The van der Waals surface area contributed by atoms with Crippen molar-refractivity contribution in [2.24, 2.45) is 0 Å². The highest BCUT2D eigenvalue weighted by Crippen LogP contribution is 2.30. The van der Waals surface area contributed by atoms with Gasteiger partial charge >= 0.3 is 0 Å². The zero-order valence-corrected chi connectivity index (χ0v) is 10.6. The van der Waals surface area contributed by atoms with Crippen LogP contribution in [-0.4, -0.2) is 28.6 Å². The topological polar surface area (TPSA) is 62.2 Å². The molecule has 4 nitrogen and oxygen atoms in total. The van der Waals surface area contributed by atoms with Crippen molar-refractivity contribution in [2.75, 3.05) is 6.54 Å². The number of aliphatic hydroxyl groups is 1. The van der Waals surface area contributed by atoms with Crippen molar-refractivity contribution in [2.45, 2.75) is 13.0 Å². The number of hydrogen-bond donors (Lipinski definition) is 2. The number of carbonyl (C=O) groups excluding carboxylic acids is 1. The SMILES string of the molecule is C[C@@H](O)CNC(=O)c1ncc(Cl)c(Cl)c1Cl. The molecular formula is C9H9Cl3N2O2. The Hall–Kier alpha value is -0.550. The second kappa shape index (κ2) is 5.68. The third-order valence-electron chi connectivity index (χ3n) is 1.69. The van der Waals surface area contributed by atoms with Gasteiger partial charge in [-0.15, -0.1) is 0 Å². The summed E-state index contributed by atoms with van der Waals surface area (Å²) in [5.74, 6) is -0.510. The lowest BCUT2D eigenvalue weighted by Gasteiger charge is -2.08. The normalized spacial score (nSPS) is 12.3. The molecule has 0 radical (unpaired) electrons. The molecule has 0 aromatic carbocycles. The second-order valence-corrected chi connectivity index (χ2v) is 4.30. The molecule has 0 aliphatic carbocycles. The molecule has 1 aromatic heterocycles. The summed E-state index contributed by atoms with van der Waals surface area (Å²) in [6.07, 6.45) is 0.595. The summed E-state index contributed by atoms with van der Waals surface area (Å²) in [7, 11) is 0. The van der Waals surface area contributed by atoms with E-state index in [0.717, 1.165) is 0 Å². The third kappa shape index (κ3) is 3.22. The molecule has 0 aliphatic heterocycles. The number of halogens is 3. The van der Waals surface area contributed by atoms with Gasteiger partial charge in [-0.3, -0.25) is 4.79 Å².